The summed E-state index contributed by atoms with van der Waals surface area (Å²) in [4.78, 5) is 10.7. The average Bonchev–Trinajstić information content (AvgIpc) is 3.23. The lowest BCUT2D eigenvalue weighted by Gasteiger charge is -2.24. The quantitative estimate of drug-likeness (QED) is 0.767. The average molecular weight is 351 g/mol. The van der Waals surface area contributed by atoms with Crippen LogP contribution in [0.15, 0.2) is 54.3 Å². The predicted octanol–water partition coefficient (Wildman–Crippen LogP) is 4.22. The molecule has 0 saturated heterocycles. The maximum atomic E-state index is 11.1. The Morgan fingerprint density at radius 1 is 1.16 bits per heavy atom. The van der Waals surface area contributed by atoms with Gasteiger partial charge < -0.3 is 10.0 Å². The highest BCUT2D eigenvalue weighted by Crippen LogP contribution is 2.46. The van der Waals surface area contributed by atoms with E-state index in [4.69, 9.17) is 0 Å². The van der Waals surface area contributed by atoms with Gasteiger partial charge in [-0.05, 0) is 36.2 Å². The molecule has 0 unspecified atom stereocenters. The largest absolute Gasteiger partial charge is 0.378 e. The van der Waals surface area contributed by atoms with E-state index in [2.05, 4.69) is 40.8 Å². The number of hydrogen-bond donors (Lipinski definition) is 1. The molecule has 0 radical (unpaired) electrons. The Labute approximate surface area is 151 Å². The first kappa shape index (κ1) is 16.2. The summed E-state index contributed by atoms with van der Waals surface area (Å²) < 4.78 is 0. The summed E-state index contributed by atoms with van der Waals surface area (Å²) in [5, 5.41) is 13.7. The molecule has 1 aliphatic heterocycles. The molecule has 4 nitrogen and oxygen atoms in total. The van der Waals surface area contributed by atoms with Gasteiger partial charge in [0, 0.05) is 47.3 Å². The third kappa shape index (κ3) is 2.64. The van der Waals surface area contributed by atoms with E-state index in [0.717, 1.165) is 23.5 Å². The minimum absolute atomic E-state index is 0.0458. The highest BCUT2D eigenvalue weighted by Gasteiger charge is 2.38. The maximum absolute atomic E-state index is 11.1. The van der Waals surface area contributed by atoms with Crippen LogP contribution in [-0.2, 0) is 11.0 Å². The molecular formula is C20H21N3OS. The third-order valence-corrected chi connectivity index (χ3v) is 5.94. The monoisotopic (exact) mass is 351 g/mol. The Bertz CT molecular complexity index is 889. The molecule has 0 saturated carbocycles. The first-order valence-electron chi connectivity index (χ1n) is 8.34. The van der Waals surface area contributed by atoms with Crippen LogP contribution in [0, 0.1) is 0 Å². The van der Waals surface area contributed by atoms with Crippen molar-refractivity contribution < 1.29 is 5.11 Å². The number of hydrogen-bond acceptors (Lipinski definition) is 5. The van der Waals surface area contributed by atoms with Crippen molar-refractivity contribution in [1.29, 1.82) is 0 Å². The van der Waals surface area contributed by atoms with Crippen molar-refractivity contribution in [3.8, 4) is 0 Å². The maximum Gasteiger partial charge on any atom is 0.138 e. The predicted molar refractivity (Wildman–Crippen MR) is 101 cm³/mol. The molecule has 0 spiro atoms. The summed E-state index contributed by atoms with van der Waals surface area (Å²) in [7, 11) is 0. The van der Waals surface area contributed by atoms with Crippen LogP contribution in [0.4, 0.5) is 11.4 Å². The number of benzene rings is 1. The van der Waals surface area contributed by atoms with Gasteiger partial charge in [-0.15, -0.1) is 11.3 Å². The zero-order valence-corrected chi connectivity index (χ0v) is 15.4. The number of aliphatic hydroxyl groups is 1. The van der Waals surface area contributed by atoms with Crippen LogP contribution >= 0.6 is 11.3 Å². The molecular weight excluding hydrogens is 330 g/mol. The van der Waals surface area contributed by atoms with Gasteiger partial charge in [-0.2, -0.15) is 0 Å². The zero-order valence-electron chi connectivity index (χ0n) is 14.6. The van der Waals surface area contributed by atoms with Gasteiger partial charge in [0.2, 0.25) is 0 Å². The van der Waals surface area contributed by atoms with Crippen molar-refractivity contribution in [3.63, 3.8) is 0 Å². The standard InChI is InChI=1S/C20H21N3OS/c1-19(2)13-23(15-6-8-21-9-7-15)17-12-14(4-5-16(17)19)20(3,24)18-22-10-11-25-18/h4-12,24H,13H2,1-3H3/t20-/m1/s1. The van der Waals surface area contributed by atoms with Crippen LogP contribution in [0.25, 0.3) is 0 Å². The molecule has 0 aliphatic carbocycles. The fourth-order valence-electron chi connectivity index (χ4n) is 3.54. The number of anilines is 2. The van der Waals surface area contributed by atoms with Crippen molar-refractivity contribution in [1.82, 2.24) is 9.97 Å². The van der Waals surface area contributed by atoms with Crippen LogP contribution in [0.2, 0.25) is 0 Å². The molecule has 1 atom stereocenters. The Morgan fingerprint density at radius 2 is 1.92 bits per heavy atom. The van der Waals surface area contributed by atoms with E-state index < -0.39 is 5.60 Å². The minimum atomic E-state index is -1.10. The molecule has 0 fully saturated rings. The number of fused-ring (bicyclic) bond motifs is 1. The number of aromatic nitrogens is 2. The molecule has 1 aliphatic rings. The molecule has 1 N–H and O–H groups in total. The highest BCUT2D eigenvalue weighted by molar-refractivity contribution is 7.09. The minimum Gasteiger partial charge on any atom is -0.378 e. The number of thiazole rings is 1. The van der Waals surface area contributed by atoms with Crippen molar-refractivity contribution in [2.75, 3.05) is 11.4 Å². The van der Waals surface area contributed by atoms with Gasteiger partial charge in [0.1, 0.15) is 10.6 Å². The molecule has 3 aromatic rings. The van der Waals surface area contributed by atoms with E-state index in [-0.39, 0.29) is 5.41 Å². The third-order valence-electron chi connectivity index (χ3n) is 4.96. The Balaban J connectivity index is 1.83. The number of nitrogens with zero attached hydrogens (tertiary/aromatic N) is 3. The van der Waals surface area contributed by atoms with E-state index in [9.17, 15) is 5.11 Å². The topological polar surface area (TPSA) is 49.2 Å². The second-order valence-electron chi connectivity index (χ2n) is 7.32. The van der Waals surface area contributed by atoms with E-state index in [1.165, 1.54) is 16.9 Å². The van der Waals surface area contributed by atoms with E-state index in [1.807, 2.05) is 42.9 Å². The van der Waals surface area contributed by atoms with Gasteiger partial charge in [0.15, 0.2) is 0 Å². The summed E-state index contributed by atoms with van der Waals surface area (Å²) in [6, 6.07) is 10.3. The van der Waals surface area contributed by atoms with E-state index in [0.29, 0.717) is 5.01 Å². The van der Waals surface area contributed by atoms with Gasteiger partial charge in [0.25, 0.3) is 0 Å². The lowest BCUT2D eigenvalue weighted by atomic mass is 9.85. The Hall–Kier alpha value is -2.24. The lowest BCUT2D eigenvalue weighted by Crippen LogP contribution is -2.25. The van der Waals surface area contributed by atoms with Gasteiger partial charge in [-0.3, -0.25) is 4.98 Å². The van der Waals surface area contributed by atoms with E-state index in [1.54, 1.807) is 6.20 Å². The smallest absolute Gasteiger partial charge is 0.138 e. The van der Waals surface area contributed by atoms with Crippen molar-refractivity contribution in [2.24, 2.45) is 0 Å². The second-order valence-corrected chi connectivity index (χ2v) is 8.21. The summed E-state index contributed by atoms with van der Waals surface area (Å²) in [5.74, 6) is 0. The normalized spacial score (nSPS) is 18.0. The van der Waals surface area contributed by atoms with E-state index >= 15 is 0 Å². The molecule has 1 aromatic carbocycles. The lowest BCUT2D eigenvalue weighted by molar-refractivity contribution is 0.102. The zero-order chi connectivity index (χ0) is 17.7. The first-order valence-corrected chi connectivity index (χ1v) is 9.22. The molecule has 2 aromatic heterocycles. The van der Waals surface area contributed by atoms with Crippen LogP contribution in [-0.4, -0.2) is 21.6 Å². The molecule has 5 heteroatoms. The fourth-order valence-corrected chi connectivity index (χ4v) is 4.26. The van der Waals surface area contributed by atoms with Crippen LogP contribution < -0.4 is 4.90 Å². The summed E-state index contributed by atoms with van der Waals surface area (Å²) in [6.45, 7) is 7.22. The van der Waals surface area contributed by atoms with Gasteiger partial charge in [0.05, 0.1) is 0 Å². The summed E-state index contributed by atoms with van der Waals surface area (Å²) in [5.41, 5.74) is 3.36. The molecule has 25 heavy (non-hydrogen) atoms. The van der Waals surface area contributed by atoms with Crippen LogP contribution in [0.1, 0.15) is 36.9 Å². The molecule has 4 rings (SSSR count). The first-order chi connectivity index (χ1) is 11.9. The van der Waals surface area contributed by atoms with Crippen molar-refractivity contribution in [2.45, 2.75) is 31.8 Å². The van der Waals surface area contributed by atoms with Crippen LogP contribution in [0.3, 0.4) is 0 Å². The van der Waals surface area contributed by atoms with Gasteiger partial charge in [-0.1, -0.05) is 26.0 Å². The summed E-state index contributed by atoms with van der Waals surface area (Å²) >= 11 is 1.47. The molecule has 0 bridgehead atoms. The van der Waals surface area contributed by atoms with Crippen molar-refractivity contribution in [3.05, 3.63) is 70.4 Å². The van der Waals surface area contributed by atoms with Crippen LogP contribution in [0.5, 0.6) is 0 Å². The molecule has 3 heterocycles. The Kier molecular flexibility index (Phi) is 3.67. The molecule has 128 valence electrons. The summed E-state index contributed by atoms with van der Waals surface area (Å²) in [6.07, 6.45) is 5.36. The fraction of sp³-hybridized carbons (Fsp3) is 0.300. The number of pyridine rings is 1. The van der Waals surface area contributed by atoms with Gasteiger partial charge >= 0.3 is 0 Å². The number of rotatable bonds is 3. The van der Waals surface area contributed by atoms with Crippen molar-refractivity contribution >= 4 is 22.7 Å². The van der Waals surface area contributed by atoms with Gasteiger partial charge in [-0.25, -0.2) is 4.98 Å². The highest BCUT2D eigenvalue weighted by atomic mass is 32.1. The SMILES string of the molecule is CC1(C)CN(c2ccncc2)c2cc([C@@](C)(O)c3nccs3)ccc21. The Morgan fingerprint density at radius 3 is 2.60 bits per heavy atom. The second kappa shape index (κ2) is 5.64. The molecule has 0 amide bonds.